The number of nitrogens with one attached hydrogen (secondary N) is 1. The van der Waals surface area contributed by atoms with Crippen molar-refractivity contribution >= 4 is 33.0 Å². The normalized spacial score (nSPS) is 11.4. The van der Waals surface area contributed by atoms with Gasteiger partial charge in [-0.05, 0) is 55.8 Å². The van der Waals surface area contributed by atoms with Crippen LogP contribution in [0.15, 0.2) is 58.6 Å². The summed E-state index contributed by atoms with van der Waals surface area (Å²) in [6, 6.07) is 13.1. The van der Waals surface area contributed by atoms with E-state index in [2.05, 4.69) is 10.8 Å². The van der Waals surface area contributed by atoms with Gasteiger partial charge in [-0.2, -0.15) is 5.26 Å². The zero-order chi connectivity index (χ0) is 18.0. The lowest BCUT2D eigenvalue weighted by Gasteiger charge is -2.07. The van der Waals surface area contributed by atoms with Crippen molar-refractivity contribution in [3.63, 3.8) is 0 Å². The minimum absolute atomic E-state index is 0.0423. The Hall–Kier alpha value is -2.43. The molecule has 2 aromatic heterocycles. The molecule has 0 aliphatic rings. The first kappa shape index (κ1) is 17.4. The standard InChI is InChI=1S/C18H17N3O2S2/c1-3-25(22,23)20-15-4-6-16(7-5-15)24-18-13(2)12-21-9-8-14(11-19)10-17(18)21/h4-10,12,20H,3H2,1-2H3. The van der Waals surface area contributed by atoms with Gasteiger partial charge in [-0.1, -0.05) is 11.8 Å². The first-order chi connectivity index (χ1) is 11.9. The summed E-state index contributed by atoms with van der Waals surface area (Å²) in [4.78, 5) is 2.08. The number of aryl methyl sites for hydroxylation is 1. The van der Waals surface area contributed by atoms with Gasteiger partial charge >= 0.3 is 0 Å². The Morgan fingerprint density at radius 3 is 2.60 bits per heavy atom. The van der Waals surface area contributed by atoms with E-state index in [4.69, 9.17) is 5.26 Å². The smallest absolute Gasteiger partial charge is 0.232 e. The molecule has 1 N–H and O–H groups in total. The fourth-order valence-corrected chi connectivity index (χ4v) is 4.07. The summed E-state index contributed by atoms with van der Waals surface area (Å²) in [5, 5.41) is 9.11. The zero-order valence-electron chi connectivity index (χ0n) is 13.9. The minimum atomic E-state index is -3.27. The van der Waals surface area contributed by atoms with Crippen LogP contribution in [0.1, 0.15) is 18.1 Å². The first-order valence-corrected chi connectivity index (χ1v) is 10.2. The summed E-state index contributed by atoms with van der Waals surface area (Å²) in [6.45, 7) is 3.63. The van der Waals surface area contributed by atoms with Crippen molar-refractivity contribution in [2.45, 2.75) is 23.6 Å². The predicted octanol–water partition coefficient (Wildman–Crippen LogP) is 4.03. The van der Waals surface area contributed by atoms with Crippen LogP contribution in [-0.2, 0) is 10.0 Å². The fourth-order valence-electron chi connectivity index (χ4n) is 2.44. The topological polar surface area (TPSA) is 74.4 Å². The summed E-state index contributed by atoms with van der Waals surface area (Å²) < 4.78 is 27.8. The molecule has 3 rings (SSSR count). The van der Waals surface area contributed by atoms with Crippen LogP contribution >= 0.6 is 11.8 Å². The molecule has 0 aliphatic carbocycles. The third-order valence-electron chi connectivity index (χ3n) is 3.77. The lowest BCUT2D eigenvalue weighted by Crippen LogP contribution is -2.14. The summed E-state index contributed by atoms with van der Waals surface area (Å²) in [5.74, 6) is 0.0423. The second-order valence-corrected chi connectivity index (χ2v) is 8.69. The number of benzene rings is 1. The Morgan fingerprint density at radius 1 is 1.24 bits per heavy atom. The molecule has 5 nitrogen and oxygen atoms in total. The number of anilines is 1. The van der Waals surface area contributed by atoms with Crippen molar-refractivity contribution in [1.29, 1.82) is 5.26 Å². The van der Waals surface area contributed by atoms with E-state index >= 15 is 0 Å². The minimum Gasteiger partial charge on any atom is -0.322 e. The average molecular weight is 371 g/mol. The van der Waals surface area contributed by atoms with Crippen LogP contribution < -0.4 is 4.72 Å². The molecule has 0 saturated carbocycles. The zero-order valence-corrected chi connectivity index (χ0v) is 15.5. The largest absolute Gasteiger partial charge is 0.322 e. The molecule has 2 heterocycles. The SMILES string of the molecule is CCS(=O)(=O)Nc1ccc(Sc2c(C)cn3ccc(C#N)cc23)cc1. The van der Waals surface area contributed by atoms with Crippen molar-refractivity contribution < 1.29 is 8.42 Å². The number of rotatable bonds is 5. The molecule has 1 aromatic carbocycles. The van der Waals surface area contributed by atoms with E-state index in [0.717, 1.165) is 20.9 Å². The number of aromatic nitrogens is 1. The van der Waals surface area contributed by atoms with Gasteiger partial charge in [0, 0.05) is 27.9 Å². The monoisotopic (exact) mass is 371 g/mol. The summed E-state index contributed by atoms with van der Waals surface area (Å²) in [6.07, 6.45) is 3.91. The molecule has 0 atom stereocenters. The molecule has 0 aliphatic heterocycles. The van der Waals surface area contributed by atoms with Crippen LogP contribution in [0.4, 0.5) is 5.69 Å². The Bertz CT molecular complexity index is 1060. The Morgan fingerprint density at radius 2 is 1.96 bits per heavy atom. The van der Waals surface area contributed by atoms with Gasteiger partial charge in [0.15, 0.2) is 0 Å². The maximum Gasteiger partial charge on any atom is 0.232 e. The first-order valence-electron chi connectivity index (χ1n) is 7.71. The fraction of sp³-hybridized carbons (Fsp3) is 0.167. The summed E-state index contributed by atoms with van der Waals surface area (Å²) in [5.41, 5.74) is 3.28. The molecule has 0 unspecified atom stereocenters. The third kappa shape index (κ3) is 3.81. The van der Waals surface area contributed by atoms with Gasteiger partial charge in [0.05, 0.1) is 22.9 Å². The van der Waals surface area contributed by atoms with Crippen LogP contribution in [-0.4, -0.2) is 18.6 Å². The number of nitrogens with zero attached hydrogens (tertiary/aromatic N) is 2. The number of fused-ring (bicyclic) bond motifs is 1. The van der Waals surface area contributed by atoms with Gasteiger partial charge in [0.2, 0.25) is 10.0 Å². The van der Waals surface area contributed by atoms with Crippen LogP contribution in [0.25, 0.3) is 5.52 Å². The van der Waals surface area contributed by atoms with Crippen LogP contribution in [0.2, 0.25) is 0 Å². The highest BCUT2D eigenvalue weighted by Gasteiger charge is 2.11. The molecular formula is C18H17N3O2S2. The van der Waals surface area contributed by atoms with Crippen molar-refractivity contribution in [2.75, 3.05) is 10.5 Å². The van der Waals surface area contributed by atoms with Crippen molar-refractivity contribution in [3.8, 4) is 6.07 Å². The number of sulfonamides is 1. The van der Waals surface area contributed by atoms with E-state index < -0.39 is 10.0 Å². The van der Waals surface area contributed by atoms with E-state index in [1.807, 2.05) is 41.9 Å². The summed E-state index contributed by atoms with van der Waals surface area (Å²) in [7, 11) is -3.27. The molecular weight excluding hydrogens is 354 g/mol. The van der Waals surface area contributed by atoms with Gasteiger partial charge in [-0.15, -0.1) is 0 Å². The van der Waals surface area contributed by atoms with E-state index in [0.29, 0.717) is 11.3 Å². The lowest BCUT2D eigenvalue weighted by molar-refractivity contribution is 0.602. The van der Waals surface area contributed by atoms with Crippen LogP contribution in [0, 0.1) is 18.3 Å². The van der Waals surface area contributed by atoms with Crippen molar-refractivity contribution in [1.82, 2.24) is 4.40 Å². The number of nitriles is 1. The Balaban J connectivity index is 1.89. The molecule has 25 heavy (non-hydrogen) atoms. The Labute approximate surface area is 151 Å². The number of hydrogen-bond donors (Lipinski definition) is 1. The number of hydrogen-bond acceptors (Lipinski definition) is 4. The molecule has 0 fully saturated rings. The van der Waals surface area contributed by atoms with E-state index in [-0.39, 0.29) is 5.75 Å². The Kier molecular flexibility index (Phi) is 4.75. The molecule has 0 amide bonds. The average Bonchev–Trinajstić information content (AvgIpc) is 2.91. The van der Waals surface area contributed by atoms with Crippen LogP contribution in [0.3, 0.4) is 0 Å². The van der Waals surface area contributed by atoms with E-state index in [1.54, 1.807) is 36.9 Å². The van der Waals surface area contributed by atoms with Gasteiger partial charge < -0.3 is 4.40 Å². The molecule has 0 spiro atoms. The second-order valence-electron chi connectivity index (χ2n) is 5.59. The number of pyridine rings is 1. The molecule has 7 heteroatoms. The van der Waals surface area contributed by atoms with Crippen molar-refractivity contribution in [2.24, 2.45) is 0 Å². The predicted molar refractivity (Wildman–Crippen MR) is 100 cm³/mol. The molecule has 0 bridgehead atoms. The maximum absolute atomic E-state index is 11.6. The molecule has 128 valence electrons. The quantitative estimate of drug-likeness (QED) is 0.735. The molecule has 0 saturated heterocycles. The highest BCUT2D eigenvalue weighted by Crippen LogP contribution is 2.35. The summed E-state index contributed by atoms with van der Waals surface area (Å²) >= 11 is 1.59. The third-order valence-corrected chi connectivity index (χ3v) is 6.32. The van der Waals surface area contributed by atoms with Crippen LogP contribution in [0.5, 0.6) is 0 Å². The van der Waals surface area contributed by atoms with E-state index in [1.165, 1.54) is 0 Å². The highest BCUT2D eigenvalue weighted by molar-refractivity contribution is 7.99. The maximum atomic E-state index is 11.6. The van der Waals surface area contributed by atoms with Gasteiger partial charge in [-0.25, -0.2) is 8.42 Å². The lowest BCUT2D eigenvalue weighted by atomic mass is 10.2. The van der Waals surface area contributed by atoms with Gasteiger partial charge in [-0.3, -0.25) is 4.72 Å². The van der Waals surface area contributed by atoms with E-state index in [9.17, 15) is 8.42 Å². The molecule has 3 aromatic rings. The molecule has 0 radical (unpaired) electrons. The highest BCUT2D eigenvalue weighted by atomic mass is 32.2. The second kappa shape index (κ2) is 6.82. The van der Waals surface area contributed by atoms with Crippen molar-refractivity contribution in [3.05, 3.63) is 59.9 Å². The van der Waals surface area contributed by atoms with Gasteiger partial charge in [0.1, 0.15) is 0 Å². The van der Waals surface area contributed by atoms with Gasteiger partial charge in [0.25, 0.3) is 0 Å².